The summed E-state index contributed by atoms with van der Waals surface area (Å²) >= 11 is 0. The van der Waals surface area contributed by atoms with E-state index in [-0.39, 0.29) is 6.04 Å². The Morgan fingerprint density at radius 3 is 2.58 bits per heavy atom. The molecule has 2 aromatic carbocycles. The quantitative estimate of drug-likeness (QED) is 0.823. The van der Waals surface area contributed by atoms with E-state index >= 15 is 0 Å². The number of hydrogen-bond donors (Lipinski definition) is 1. The maximum Gasteiger partial charge on any atom is 0.209 e. The van der Waals surface area contributed by atoms with Crippen LogP contribution in [0.1, 0.15) is 50.3 Å². The molecule has 6 heteroatoms. The van der Waals surface area contributed by atoms with E-state index in [0.29, 0.717) is 6.04 Å². The molecule has 1 spiro atoms. The zero-order valence-electron chi connectivity index (χ0n) is 18.9. The zero-order chi connectivity index (χ0) is 21.6. The highest BCUT2D eigenvalue weighted by Gasteiger charge is 2.53. The number of piperidine rings is 1. The van der Waals surface area contributed by atoms with Crippen molar-refractivity contribution in [3.05, 3.63) is 53.6 Å². The normalized spacial score (nSPS) is 26.9. The van der Waals surface area contributed by atoms with Crippen LogP contribution in [-0.4, -0.2) is 49.8 Å². The average molecular weight is 423 g/mol. The van der Waals surface area contributed by atoms with Gasteiger partial charge in [0.15, 0.2) is 11.5 Å². The van der Waals surface area contributed by atoms with Crippen molar-refractivity contribution in [2.24, 2.45) is 5.10 Å². The average Bonchev–Trinajstić information content (AvgIpc) is 3.26. The number of quaternary nitrogens is 1. The van der Waals surface area contributed by atoms with Crippen LogP contribution >= 0.6 is 0 Å². The second kappa shape index (κ2) is 7.75. The van der Waals surface area contributed by atoms with Crippen molar-refractivity contribution >= 4 is 5.71 Å². The predicted molar refractivity (Wildman–Crippen MR) is 120 cm³/mol. The molecule has 0 aromatic heterocycles. The number of nitrogens with one attached hydrogen (secondary N) is 1. The molecule has 2 aromatic rings. The van der Waals surface area contributed by atoms with Crippen LogP contribution < -0.4 is 19.1 Å². The van der Waals surface area contributed by atoms with Crippen molar-refractivity contribution in [3.8, 4) is 17.2 Å². The van der Waals surface area contributed by atoms with Crippen molar-refractivity contribution < 1.29 is 19.1 Å². The van der Waals surface area contributed by atoms with Crippen LogP contribution in [0.4, 0.5) is 0 Å². The van der Waals surface area contributed by atoms with Crippen LogP contribution in [-0.2, 0) is 0 Å². The first-order valence-corrected chi connectivity index (χ1v) is 11.3. The first-order valence-electron chi connectivity index (χ1n) is 11.3. The van der Waals surface area contributed by atoms with Crippen molar-refractivity contribution in [2.45, 2.75) is 50.9 Å². The van der Waals surface area contributed by atoms with E-state index in [4.69, 9.17) is 19.3 Å². The topological polar surface area (TPSA) is 47.7 Å². The SMILES string of the molecule is COc1cccc(C2=NN3[C@@H](C2)c2cccc(OC)c2OC32CC[NH+](C(C)C)CC2)c1. The van der Waals surface area contributed by atoms with Crippen LogP contribution in [0.2, 0.25) is 0 Å². The molecule has 0 saturated carbocycles. The van der Waals surface area contributed by atoms with Gasteiger partial charge in [0.1, 0.15) is 5.75 Å². The zero-order valence-corrected chi connectivity index (χ0v) is 18.9. The van der Waals surface area contributed by atoms with Crippen molar-refractivity contribution in [1.82, 2.24) is 5.01 Å². The highest BCUT2D eigenvalue weighted by atomic mass is 16.5. The number of fused-ring (bicyclic) bond motifs is 4. The third-order valence-corrected chi connectivity index (χ3v) is 7.10. The van der Waals surface area contributed by atoms with Crippen LogP contribution in [0.15, 0.2) is 47.6 Å². The van der Waals surface area contributed by atoms with Gasteiger partial charge in [-0.1, -0.05) is 24.3 Å². The van der Waals surface area contributed by atoms with Gasteiger partial charge in [0.2, 0.25) is 5.72 Å². The molecule has 5 rings (SSSR count). The summed E-state index contributed by atoms with van der Waals surface area (Å²) < 4.78 is 18.0. The molecule has 3 aliphatic heterocycles. The Kier molecular flexibility index (Phi) is 5.05. The van der Waals surface area contributed by atoms with E-state index in [9.17, 15) is 0 Å². The number of para-hydroxylation sites is 1. The van der Waals surface area contributed by atoms with E-state index in [1.165, 1.54) is 0 Å². The van der Waals surface area contributed by atoms with Crippen molar-refractivity contribution in [2.75, 3.05) is 27.3 Å². The monoisotopic (exact) mass is 422 g/mol. The predicted octanol–water partition coefficient (Wildman–Crippen LogP) is 3.03. The van der Waals surface area contributed by atoms with Gasteiger partial charge in [-0.05, 0) is 32.0 Å². The first kappa shape index (κ1) is 20.2. The number of methoxy groups -OCH3 is 2. The Morgan fingerprint density at radius 2 is 1.87 bits per heavy atom. The van der Waals surface area contributed by atoms with Crippen molar-refractivity contribution in [3.63, 3.8) is 0 Å². The van der Waals surface area contributed by atoms with E-state index in [0.717, 1.165) is 66.4 Å². The molecule has 1 N–H and O–H groups in total. The lowest BCUT2D eigenvalue weighted by molar-refractivity contribution is -0.929. The lowest BCUT2D eigenvalue weighted by atomic mass is 9.90. The molecule has 31 heavy (non-hydrogen) atoms. The molecule has 1 atom stereocenters. The Balaban J connectivity index is 1.56. The Labute approximate surface area is 184 Å². The number of hydrogen-bond acceptors (Lipinski definition) is 5. The number of benzene rings is 2. The summed E-state index contributed by atoms with van der Waals surface area (Å²) in [6.07, 6.45) is 2.74. The maximum atomic E-state index is 6.81. The summed E-state index contributed by atoms with van der Waals surface area (Å²) in [5.74, 6) is 2.55. The second-order valence-electron chi connectivity index (χ2n) is 9.08. The lowest BCUT2D eigenvalue weighted by Gasteiger charge is -2.50. The molecule has 6 nitrogen and oxygen atoms in total. The molecule has 0 aliphatic carbocycles. The molecule has 0 radical (unpaired) electrons. The minimum absolute atomic E-state index is 0.153. The molecular weight excluding hydrogens is 390 g/mol. The number of likely N-dealkylation sites (tertiary alicyclic amines) is 1. The van der Waals surface area contributed by atoms with E-state index in [1.54, 1.807) is 19.1 Å². The van der Waals surface area contributed by atoms with Gasteiger partial charge < -0.3 is 19.1 Å². The van der Waals surface area contributed by atoms with Gasteiger partial charge in [0, 0.05) is 17.5 Å². The molecule has 0 bridgehead atoms. The van der Waals surface area contributed by atoms with Crippen LogP contribution in [0.25, 0.3) is 0 Å². The lowest BCUT2D eigenvalue weighted by Crippen LogP contribution is -3.16. The minimum atomic E-state index is -0.425. The second-order valence-corrected chi connectivity index (χ2v) is 9.08. The third-order valence-electron chi connectivity index (χ3n) is 7.10. The number of nitrogens with zero attached hydrogens (tertiary/aromatic N) is 2. The number of rotatable bonds is 4. The molecule has 0 amide bonds. The fourth-order valence-electron chi connectivity index (χ4n) is 5.28. The largest absolute Gasteiger partial charge is 0.497 e. The van der Waals surface area contributed by atoms with E-state index in [2.05, 4.69) is 37.1 Å². The summed E-state index contributed by atoms with van der Waals surface area (Å²) in [5, 5.41) is 7.44. The van der Waals surface area contributed by atoms with Crippen LogP contribution in [0.3, 0.4) is 0 Å². The van der Waals surface area contributed by atoms with Gasteiger partial charge in [-0.3, -0.25) is 0 Å². The third kappa shape index (κ3) is 3.33. The number of hydrazone groups is 1. The first-order chi connectivity index (χ1) is 15.0. The Hall–Kier alpha value is -2.73. The minimum Gasteiger partial charge on any atom is -0.497 e. The summed E-state index contributed by atoms with van der Waals surface area (Å²) in [6.45, 7) is 6.75. The van der Waals surface area contributed by atoms with Gasteiger partial charge >= 0.3 is 0 Å². The summed E-state index contributed by atoms with van der Waals surface area (Å²) in [5.41, 5.74) is 2.93. The van der Waals surface area contributed by atoms with E-state index < -0.39 is 5.72 Å². The summed E-state index contributed by atoms with van der Waals surface area (Å²) in [4.78, 5) is 1.63. The molecule has 3 aliphatic rings. The molecule has 1 fully saturated rings. The molecule has 1 saturated heterocycles. The molecular formula is C25H32N3O3+. The summed E-state index contributed by atoms with van der Waals surface area (Å²) in [7, 11) is 3.42. The molecule has 0 unspecified atom stereocenters. The molecule has 3 heterocycles. The van der Waals surface area contributed by atoms with Crippen LogP contribution in [0.5, 0.6) is 17.2 Å². The van der Waals surface area contributed by atoms with Crippen molar-refractivity contribution in [1.29, 1.82) is 0 Å². The highest BCUT2D eigenvalue weighted by Crippen LogP contribution is 2.52. The van der Waals surface area contributed by atoms with Gasteiger partial charge in [0.05, 0.1) is 57.9 Å². The Bertz CT molecular complexity index is 995. The fourth-order valence-corrected chi connectivity index (χ4v) is 5.28. The summed E-state index contributed by atoms with van der Waals surface area (Å²) in [6, 6.07) is 15.2. The van der Waals surface area contributed by atoms with Crippen LogP contribution in [0, 0.1) is 0 Å². The Morgan fingerprint density at radius 1 is 1.10 bits per heavy atom. The number of ether oxygens (including phenoxy) is 3. The van der Waals surface area contributed by atoms with Gasteiger partial charge in [-0.2, -0.15) is 5.10 Å². The maximum absolute atomic E-state index is 6.81. The van der Waals surface area contributed by atoms with Gasteiger partial charge in [0.25, 0.3) is 0 Å². The van der Waals surface area contributed by atoms with E-state index in [1.807, 2.05) is 24.3 Å². The van der Waals surface area contributed by atoms with Gasteiger partial charge in [-0.25, -0.2) is 5.01 Å². The van der Waals surface area contributed by atoms with Gasteiger partial charge in [-0.15, -0.1) is 0 Å². The smallest absolute Gasteiger partial charge is 0.209 e. The fraction of sp³-hybridized carbons (Fsp3) is 0.480. The standard InChI is InChI=1S/C25H31N3O3/c1-17(2)27-13-11-25(12-14-27)28-22(20-9-6-10-23(30-4)24(20)31-25)16-21(26-28)18-7-5-8-19(15-18)29-3/h5-10,15,17,22H,11-14,16H2,1-4H3/p+1/t22-/m0/s1. The highest BCUT2D eigenvalue weighted by molar-refractivity contribution is 6.02. The molecule has 164 valence electrons.